The molecule has 7 N–H and O–H groups in total. The van der Waals surface area contributed by atoms with Crippen LogP contribution in [0.25, 0.3) is 0 Å². The zero-order valence-electron chi connectivity index (χ0n) is 25.7. The molecule has 4 unspecified atom stereocenters. The molecule has 1 aromatic carbocycles. The summed E-state index contributed by atoms with van der Waals surface area (Å²) in [4.78, 5) is 60.6. The summed E-state index contributed by atoms with van der Waals surface area (Å²) < 4.78 is 48.7. The van der Waals surface area contributed by atoms with Crippen LogP contribution in [-0.2, 0) is 45.4 Å². The molecule has 0 aliphatic carbocycles. The number of nitrogens with one attached hydrogen (secondary N) is 2. The average Bonchev–Trinajstić information content (AvgIpc) is 3.34. The lowest BCUT2D eigenvalue weighted by atomic mass is 10.0. The number of hydrogen-bond acceptors (Lipinski definition) is 13. The van der Waals surface area contributed by atoms with E-state index in [0.29, 0.717) is 24.8 Å². The molecule has 3 rings (SSSR count). The van der Waals surface area contributed by atoms with Gasteiger partial charge in [0.25, 0.3) is 21.9 Å². The molecule has 0 radical (unpaired) electrons. The second kappa shape index (κ2) is 17.9. The first kappa shape index (κ1) is 38.3. The maximum Gasteiger partial charge on any atom is 0.333 e. The molecular weight excluding hydrogens is 662 g/mol. The largest absolute Gasteiger partial charge is 0.493 e. The summed E-state index contributed by atoms with van der Waals surface area (Å²) in [5.74, 6) is -4.54. The molecular formula is C29H39N3O15S. The summed E-state index contributed by atoms with van der Waals surface area (Å²) in [6.45, 7) is -0.315. The Labute approximate surface area is 275 Å². The van der Waals surface area contributed by atoms with Gasteiger partial charge in [-0.2, -0.15) is 8.42 Å². The van der Waals surface area contributed by atoms with E-state index in [1.54, 1.807) is 0 Å². The van der Waals surface area contributed by atoms with Gasteiger partial charge in [-0.15, -0.1) is 0 Å². The number of rotatable bonds is 19. The van der Waals surface area contributed by atoms with E-state index in [1.807, 2.05) is 0 Å². The van der Waals surface area contributed by atoms with E-state index in [9.17, 15) is 57.4 Å². The Balaban J connectivity index is 1.45. The van der Waals surface area contributed by atoms with Gasteiger partial charge in [0.15, 0.2) is 6.10 Å². The van der Waals surface area contributed by atoms with E-state index in [4.69, 9.17) is 14.2 Å². The third-order valence-electron chi connectivity index (χ3n) is 7.26. The van der Waals surface area contributed by atoms with Gasteiger partial charge >= 0.3 is 5.97 Å². The van der Waals surface area contributed by atoms with Crippen LogP contribution in [0, 0.1) is 0 Å². The number of benzene rings is 1. The summed E-state index contributed by atoms with van der Waals surface area (Å²) in [5.41, 5.74) is 0.339. The molecule has 1 fully saturated rings. The Morgan fingerprint density at radius 3 is 2.42 bits per heavy atom. The number of unbranched alkanes of at least 4 members (excludes halogenated alkanes) is 2. The third-order valence-corrected chi connectivity index (χ3v) is 8.01. The normalized spacial score (nSPS) is 21.5. The molecule has 2 heterocycles. The van der Waals surface area contributed by atoms with Crippen molar-refractivity contribution in [3.63, 3.8) is 0 Å². The number of carboxylic acid groups (broad SMARTS) is 1. The third kappa shape index (κ3) is 11.8. The van der Waals surface area contributed by atoms with Gasteiger partial charge in [-0.1, -0.05) is 6.42 Å². The first-order chi connectivity index (χ1) is 22.7. The van der Waals surface area contributed by atoms with Crippen LogP contribution in [0.15, 0.2) is 30.4 Å². The van der Waals surface area contributed by atoms with Gasteiger partial charge in [0.05, 0.1) is 19.3 Å². The molecule has 1 aromatic rings. The topological polar surface area (TPSA) is 276 Å². The molecule has 0 bridgehead atoms. The van der Waals surface area contributed by atoms with Crippen LogP contribution in [-0.4, -0.2) is 124 Å². The SMILES string of the molecule is O=C(CCCCCN1C(=O)C=CC1=O)NC(CS(=O)(=O)O)C(=O)NCCCOc1cc(OC2OC(C(=O)O)CC(O)[C@H]2O)ccc1CO. The van der Waals surface area contributed by atoms with Gasteiger partial charge in [-0.25, -0.2) is 4.79 Å². The number of aliphatic carboxylic acids is 1. The summed E-state index contributed by atoms with van der Waals surface area (Å²) in [7, 11) is -4.65. The highest BCUT2D eigenvalue weighted by Crippen LogP contribution is 2.29. The molecule has 18 nitrogen and oxygen atoms in total. The molecule has 0 aromatic heterocycles. The van der Waals surface area contributed by atoms with Crippen molar-refractivity contribution in [2.45, 2.75) is 75.8 Å². The van der Waals surface area contributed by atoms with Crippen molar-refractivity contribution in [3.8, 4) is 11.5 Å². The molecule has 2 aliphatic rings. The minimum atomic E-state index is -4.65. The quantitative estimate of drug-likeness (QED) is 0.0477. The molecule has 0 spiro atoms. The number of carboxylic acids is 1. The molecule has 1 saturated heterocycles. The fourth-order valence-electron chi connectivity index (χ4n) is 4.73. The lowest BCUT2D eigenvalue weighted by molar-refractivity contribution is -0.238. The van der Waals surface area contributed by atoms with Gasteiger partial charge in [-0.3, -0.25) is 28.6 Å². The zero-order chi connectivity index (χ0) is 35.4. The highest BCUT2D eigenvalue weighted by Gasteiger charge is 2.41. The summed E-state index contributed by atoms with van der Waals surface area (Å²) in [5, 5.41) is 43.8. The Morgan fingerprint density at radius 2 is 1.77 bits per heavy atom. The average molecular weight is 702 g/mol. The minimum Gasteiger partial charge on any atom is -0.493 e. The molecule has 48 heavy (non-hydrogen) atoms. The van der Waals surface area contributed by atoms with Crippen LogP contribution in [0.1, 0.15) is 44.1 Å². The number of ether oxygens (including phenoxy) is 3. The smallest absolute Gasteiger partial charge is 0.333 e. The molecule has 0 saturated carbocycles. The van der Waals surface area contributed by atoms with Gasteiger partial charge in [0, 0.05) is 49.7 Å². The number of imide groups is 1. The van der Waals surface area contributed by atoms with Crippen molar-refractivity contribution >= 4 is 39.7 Å². The van der Waals surface area contributed by atoms with Crippen LogP contribution < -0.4 is 20.1 Å². The predicted octanol–water partition coefficient (Wildman–Crippen LogP) is -1.78. The van der Waals surface area contributed by atoms with Crippen molar-refractivity contribution in [1.29, 1.82) is 0 Å². The van der Waals surface area contributed by atoms with Gasteiger partial charge in [0.2, 0.25) is 18.1 Å². The Morgan fingerprint density at radius 1 is 1.06 bits per heavy atom. The minimum absolute atomic E-state index is 0.0287. The van der Waals surface area contributed by atoms with Crippen LogP contribution >= 0.6 is 0 Å². The van der Waals surface area contributed by atoms with E-state index in [0.717, 1.165) is 4.90 Å². The number of hydrogen-bond donors (Lipinski definition) is 7. The second-order valence-corrected chi connectivity index (χ2v) is 12.5. The van der Waals surface area contributed by atoms with Crippen molar-refractivity contribution in [2.24, 2.45) is 0 Å². The van der Waals surface area contributed by atoms with Gasteiger partial charge in [-0.05, 0) is 31.4 Å². The molecule has 4 amide bonds. The fraction of sp³-hybridized carbons (Fsp3) is 0.552. The lowest BCUT2D eigenvalue weighted by Crippen LogP contribution is -2.52. The van der Waals surface area contributed by atoms with Crippen molar-refractivity contribution in [2.75, 3.05) is 25.4 Å². The second-order valence-electron chi connectivity index (χ2n) is 11.0. The van der Waals surface area contributed by atoms with E-state index >= 15 is 0 Å². The first-order valence-corrected chi connectivity index (χ1v) is 16.6. The van der Waals surface area contributed by atoms with E-state index < -0.39 is 82.7 Å². The summed E-state index contributed by atoms with van der Waals surface area (Å²) in [6.07, 6.45) is -2.53. The van der Waals surface area contributed by atoms with E-state index in [2.05, 4.69) is 10.6 Å². The highest BCUT2D eigenvalue weighted by atomic mass is 32.2. The monoisotopic (exact) mass is 701 g/mol. The highest BCUT2D eigenvalue weighted by molar-refractivity contribution is 7.85. The van der Waals surface area contributed by atoms with Crippen LogP contribution in [0.2, 0.25) is 0 Å². The molecule has 2 aliphatic heterocycles. The number of aliphatic hydroxyl groups excluding tert-OH is 3. The molecule has 266 valence electrons. The maximum atomic E-state index is 12.7. The van der Waals surface area contributed by atoms with Crippen LogP contribution in [0.5, 0.6) is 11.5 Å². The molecule has 5 atom stereocenters. The Kier molecular flexibility index (Phi) is 14.2. The van der Waals surface area contributed by atoms with E-state index in [1.165, 1.54) is 30.4 Å². The van der Waals surface area contributed by atoms with Gasteiger partial charge < -0.3 is 45.3 Å². The number of amides is 4. The van der Waals surface area contributed by atoms with Crippen LogP contribution in [0.3, 0.4) is 0 Å². The number of carbonyl (C=O) groups is 5. The summed E-state index contributed by atoms with van der Waals surface area (Å²) in [6, 6.07) is 2.61. The maximum absolute atomic E-state index is 12.7. The van der Waals surface area contributed by atoms with Crippen molar-refractivity contribution in [1.82, 2.24) is 15.5 Å². The Bertz CT molecular complexity index is 1450. The first-order valence-electron chi connectivity index (χ1n) is 15.0. The number of nitrogens with zero attached hydrogens (tertiary/aromatic N) is 1. The fourth-order valence-corrected chi connectivity index (χ4v) is 5.39. The Hall–Kier alpha value is -4.14. The zero-order valence-corrected chi connectivity index (χ0v) is 26.5. The summed E-state index contributed by atoms with van der Waals surface area (Å²) >= 11 is 0. The predicted molar refractivity (Wildman–Crippen MR) is 162 cm³/mol. The lowest BCUT2D eigenvalue weighted by Gasteiger charge is -2.35. The van der Waals surface area contributed by atoms with Crippen molar-refractivity contribution < 1.29 is 71.6 Å². The molecule has 19 heteroatoms. The number of aliphatic hydroxyl groups is 3. The van der Waals surface area contributed by atoms with Gasteiger partial charge in [0.1, 0.15) is 29.4 Å². The van der Waals surface area contributed by atoms with Crippen molar-refractivity contribution in [3.05, 3.63) is 35.9 Å². The number of carbonyl (C=O) groups excluding carboxylic acids is 4. The standard InChI is InChI=1S/C29H39N3O15S/c33-15-17-6-7-18(46-29-26(38)20(34)14-22(47-29)28(40)41)13-21(17)45-12-4-10-30-27(39)19(16-48(42,43)44)31-23(35)5-2-1-3-11-32-24(36)8-9-25(32)37/h6-9,13,19-20,22,26,29,33-34,38H,1-5,10-12,14-16H2,(H,30,39)(H,31,35)(H,40,41)(H,42,43,44)/t19?,20?,22?,26-,29?/m1/s1. The van der Waals surface area contributed by atoms with Crippen LogP contribution in [0.4, 0.5) is 0 Å². The van der Waals surface area contributed by atoms with E-state index in [-0.39, 0.29) is 50.5 Å².